The molecule has 1 aliphatic rings. The average molecular weight is 397 g/mol. The molecule has 0 aliphatic carbocycles. The molecule has 0 aromatic heterocycles. The number of halogens is 1. The SMILES string of the molecule is COc1cc([C@H]2NC(=O)NC(C)=C2C(C)=O)c(Br)cc1OC(C)=O. The summed E-state index contributed by atoms with van der Waals surface area (Å²) in [7, 11) is 1.44. The Hall–Kier alpha value is -2.35. The lowest BCUT2D eigenvalue weighted by atomic mass is 9.93. The molecule has 2 amide bonds. The van der Waals surface area contributed by atoms with E-state index in [9.17, 15) is 14.4 Å². The molecule has 7 nitrogen and oxygen atoms in total. The zero-order valence-corrected chi connectivity index (χ0v) is 15.2. The quantitative estimate of drug-likeness (QED) is 0.602. The first-order chi connectivity index (χ1) is 11.2. The third-order valence-corrected chi connectivity index (χ3v) is 4.18. The Morgan fingerprint density at radius 2 is 1.88 bits per heavy atom. The first-order valence-electron chi connectivity index (χ1n) is 7.09. The zero-order valence-electron chi connectivity index (χ0n) is 13.7. The first-order valence-corrected chi connectivity index (χ1v) is 7.89. The van der Waals surface area contributed by atoms with E-state index in [1.165, 1.54) is 21.0 Å². The third kappa shape index (κ3) is 3.59. The maximum Gasteiger partial charge on any atom is 0.319 e. The van der Waals surface area contributed by atoms with Gasteiger partial charge in [-0.25, -0.2) is 4.79 Å². The second kappa shape index (κ2) is 7.04. The van der Waals surface area contributed by atoms with Crippen LogP contribution in [-0.4, -0.2) is 24.9 Å². The summed E-state index contributed by atoms with van der Waals surface area (Å²) in [6, 6.07) is 2.13. The number of ketones is 1. The molecule has 0 saturated carbocycles. The van der Waals surface area contributed by atoms with Crippen LogP contribution in [-0.2, 0) is 9.59 Å². The molecule has 128 valence electrons. The lowest BCUT2D eigenvalue weighted by Gasteiger charge is -2.29. The smallest absolute Gasteiger partial charge is 0.319 e. The van der Waals surface area contributed by atoms with Crippen LogP contribution >= 0.6 is 15.9 Å². The summed E-state index contributed by atoms with van der Waals surface area (Å²) in [5.74, 6) is -0.0917. The number of Topliss-reactive ketones (excluding diaryl/α,β-unsaturated/α-hetero) is 1. The molecule has 0 fully saturated rings. The Morgan fingerprint density at radius 3 is 2.42 bits per heavy atom. The normalized spacial score (nSPS) is 17.0. The predicted octanol–water partition coefficient (Wildman–Crippen LogP) is 2.60. The van der Waals surface area contributed by atoms with Crippen molar-refractivity contribution >= 4 is 33.7 Å². The summed E-state index contributed by atoms with van der Waals surface area (Å²) in [4.78, 5) is 35.0. The number of carbonyl (C=O) groups excluding carboxylic acids is 3. The van der Waals surface area contributed by atoms with Crippen molar-refractivity contribution in [3.05, 3.63) is 33.4 Å². The van der Waals surface area contributed by atoms with Gasteiger partial charge in [-0.05, 0) is 31.5 Å². The van der Waals surface area contributed by atoms with Crippen molar-refractivity contribution < 1.29 is 23.9 Å². The molecule has 1 aliphatic heterocycles. The summed E-state index contributed by atoms with van der Waals surface area (Å²) in [6.07, 6.45) is 0. The fraction of sp³-hybridized carbons (Fsp3) is 0.312. The molecule has 0 radical (unpaired) electrons. The summed E-state index contributed by atoms with van der Waals surface area (Å²) in [5.41, 5.74) is 1.55. The van der Waals surface area contributed by atoms with E-state index in [1.807, 2.05) is 0 Å². The number of benzene rings is 1. The van der Waals surface area contributed by atoms with Crippen LogP contribution in [0.5, 0.6) is 11.5 Å². The summed E-state index contributed by atoms with van der Waals surface area (Å²) in [5, 5.41) is 5.31. The van der Waals surface area contributed by atoms with Crippen LogP contribution in [0.3, 0.4) is 0 Å². The van der Waals surface area contributed by atoms with Crippen LogP contribution in [0.15, 0.2) is 27.9 Å². The number of hydrogen-bond donors (Lipinski definition) is 2. The van der Waals surface area contributed by atoms with Gasteiger partial charge in [-0.2, -0.15) is 0 Å². The van der Waals surface area contributed by atoms with Gasteiger partial charge in [-0.15, -0.1) is 0 Å². The van der Waals surface area contributed by atoms with Crippen LogP contribution < -0.4 is 20.1 Å². The molecule has 0 bridgehead atoms. The molecule has 0 spiro atoms. The Kier molecular flexibility index (Phi) is 5.28. The van der Waals surface area contributed by atoms with Gasteiger partial charge in [0.2, 0.25) is 0 Å². The number of carbonyl (C=O) groups is 3. The summed E-state index contributed by atoms with van der Waals surface area (Å²) >= 11 is 3.40. The number of esters is 1. The topological polar surface area (TPSA) is 93.7 Å². The molecule has 0 saturated heterocycles. The number of nitrogens with one attached hydrogen (secondary N) is 2. The Balaban J connectivity index is 2.58. The minimum absolute atomic E-state index is 0.167. The van der Waals surface area contributed by atoms with E-state index in [0.29, 0.717) is 27.1 Å². The number of urea groups is 1. The van der Waals surface area contributed by atoms with E-state index in [-0.39, 0.29) is 11.5 Å². The zero-order chi connectivity index (χ0) is 18.0. The van der Waals surface area contributed by atoms with Crippen LogP contribution in [0.25, 0.3) is 0 Å². The van der Waals surface area contributed by atoms with E-state index in [1.54, 1.807) is 19.1 Å². The molecule has 2 rings (SSSR count). The van der Waals surface area contributed by atoms with Gasteiger partial charge in [0.1, 0.15) is 0 Å². The van der Waals surface area contributed by atoms with E-state index in [2.05, 4.69) is 26.6 Å². The molecule has 2 N–H and O–H groups in total. The van der Waals surface area contributed by atoms with Crippen molar-refractivity contribution in [1.82, 2.24) is 10.6 Å². The average Bonchev–Trinajstić information content (AvgIpc) is 2.45. The molecule has 1 heterocycles. The molecular weight excluding hydrogens is 380 g/mol. The third-order valence-electron chi connectivity index (χ3n) is 3.50. The standard InChI is InChI=1S/C16H17BrN2O5/c1-7-14(8(2)20)15(19-16(22)18-7)10-5-12(23-4)13(6-11(10)17)24-9(3)21/h5-6,15H,1-4H3,(H2,18,19,22)/t15-/m1/s1. The van der Waals surface area contributed by atoms with E-state index in [0.717, 1.165) is 0 Å². The van der Waals surface area contributed by atoms with Crippen LogP contribution in [0.4, 0.5) is 4.79 Å². The highest BCUT2D eigenvalue weighted by molar-refractivity contribution is 9.10. The molecular formula is C16H17BrN2O5. The Bertz CT molecular complexity index is 757. The van der Waals surface area contributed by atoms with E-state index in [4.69, 9.17) is 9.47 Å². The minimum Gasteiger partial charge on any atom is -0.493 e. The van der Waals surface area contributed by atoms with Gasteiger partial charge >= 0.3 is 12.0 Å². The van der Waals surface area contributed by atoms with Crippen molar-refractivity contribution in [3.8, 4) is 11.5 Å². The molecule has 1 aromatic carbocycles. The van der Waals surface area contributed by atoms with Crippen molar-refractivity contribution in [3.63, 3.8) is 0 Å². The molecule has 8 heteroatoms. The lowest BCUT2D eigenvalue weighted by Crippen LogP contribution is -2.44. The summed E-state index contributed by atoms with van der Waals surface area (Å²) in [6.45, 7) is 4.39. The maximum atomic E-state index is 12.0. The van der Waals surface area contributed by atoms with Crippen LogP contribution in [0, 0.1) is 0 Å². The van der Waals surface area contributed by atoms with Crippen molar-refractivity contribution in [2.24, 2.45) is 0 Å². The number of rotatable bonds is 4. The van der Waals surface area contributed by atoms with Gasteiger partial charge in [-0.1, -0.05) is 15.9 Å². The Labute approximate surface area is 147 Å². The monoisotopic (exact) mass is 396 g/mol. The number of amides is 2. The molecule has 0 unspecified atom stereocenters. The number of hydrogen-bond acceptors (Lipinski definition) is 5. The van der Waals surface area contributed by atoms with Gasteiger partial charge < -0.3 is 20.1 Å². The van der Waals surface area contributed by atoms with Gasteiger partial charge in [0, 0.05) is 22.7 Å². The van der Waals surface area contributed by atoms with E-state index >= 15 is 0 Å². The molecule has 1 atom stereocenters. The second-order valence-electron chi connectivity index (χ2n) is 5.24. The highest BCUT2D eigenvalue weighted by Crippen LogP contribution is 2.39. The minimum atomic E-state index is -0.647. The highest BCUT2D eigenvalue weighted by atomic mass is 79.9. The largest absolute Gasteiger partial charge is 0.493 e. The Morgan fingerprint density at radius 1 is 1.21 bits per heavy atom. The number of methoxy groups -OCH3 is 1. The highest BCUT2D eigenvalue weighted by Gasteiger charge is 2.31. The lowest BCUT2D eigenvalue weighted by molar-refractivity contribution is -0.132. The van der Waals surface area contributed by atoms with Crippen LogP contribution in [0.2, 0.25) is 0 Å². The van der Waals surface area contributed by atoms with E-state index < -0.39 is 18.0 Å². The maximum absolute atomic E-state index is 12.0. The predicted molar refractivity (Wildman–Crippen MR) is 89.8 cm³/mol. The fourth-order valence-electron chi connectivity index (χ4n) is 2.56. The van der Waals surface area contributed by atoms with Gasteiger partial charge in [-0.3, -0.25) is 9.59 Å². The van der Waals surface area contributed by atoms with Gasteiger partial charge in [0.15, 0.2) is 17.3 Å². The van der Waals surface area contributed by atoms with Crippen molar-refractivity contribution in [2.45, 2.75) is 26.8 Å². The van der Waals surface area contributed by atoms with Gasteiger partial charge in [0.25, 0.3) is 0 Å². The van der Waals surface area contributed by atoms with Crippen LogP contribution in [0.1, 0.15) is 32.4 Å². The number of allylic oxidation sites excluding steroid dienone is 1. The molecule has 24 heavy (non-hydrogen) atoms. The van der Waals surface area contributed by atoms with Gasteiger partial charge in [0.05, 0.1) is 13.2 Å². The number of ether oxygens (including phenoxy) is 2. The first kappa shape index (κ1) is 18.0. The summed E-state index contributed by atoms with van der Waals surface area (Å²) < 4.78 is 10.9. The molecule has 1 aromatic rings. The van der Waals surface area contributed by atoms with Crippen molar-refractivity contribution in [2.75, 3.05) is 7.11 Å². The van der Waals surface area contributed by atoms with Crippen molar-refractivity contribution in [1.29, 1.82) is 0 Å². The fourth-order valence-corrected chi connectivity index (χ4v) is 3.11. The second-order valence-corrected chi connectivity index (χ2v) is 6.10.